The third-order valence-electron chi connectivity index (χ3n) is 2.70. The Bertz CT molecular complexity index is 272. The summed E-state index contributed by atoms with van der Waals surface area (Å²) in [5.74, 6) is -1.01. The van der Waals surface area contributed by atoms with Gasteiger partial charge in [-0.3, -0.25) is 0 Å². The van der Waals surface area contributed by atoms with E-state index in [-0.39, 0.29) is 0 Å². The third kappa shape index (κ3) is 7.14. The van der Waals surface area contributed by atoms with E-state index < -0.39 is 23.5 Å². The summed E-state index contributed by atoms with van der Waals surface area (Å²) >= 11 is 0. The molecule has 0 bridgehead atoms. The third-order valence-corrected chi connectivity index (χ3v) is 2.70. The fourth-order valence-corrected chi connectivity index (χ4v) is 1.58. The van der Waals surface area contributed by atoms with E-state index in [1.807, 2.05) is 0 Å². The van der Waals surface area contributed by atoms with Crippen molar-refractivity contribution in [3.8, 4) is 0 Å². The van der Waals surface area contributed by atoms with Gasteiger partial charge in [0.05, 0.1) is 0 Å². The molecule has 106 valence electrons. The Hall–Kier alpha value is -1.26. The van der Waals surface area contributed by atoms with Crippen LogP contribution in [0.25, 0.3) is 0 Å². The maximum atomic E-state index is 11.6. The second-order valence-electron chi connectivity index (χ2n) is 5.60. The van der Waals surface area contributed by atoms with Crippen molar-refractivity contribution in [2.75, 3.05) is 6.54 Å². The number of urea groups is 1. The summed E-state index contributed by atoms with van der Waals surface area (Å²) in [5, 5.41) is 14.2. The van der Waals surface area contributed by atoms with Crippen LogP contribution in [0.15, 0.2) is 0 Å². The van der Waals surface area contributed by atoms with Gasteiger partial charge in [-0.1, -0.05) is 47.0 Å². The van der Waals surface area contributed by atoms with E-state index in [1.165, 1.54) is 0 Å². The van der Waals surface area contributed by atoms with Crippen molar-refractivity contribution in [2.24, 2.45) is 5.41 Å². The van der Waals surface area contributed by atoms with Gasteiger partial charge in [0, 0.05) is 6.54 Å². The molecule has 3 N–H and O–H groups in total. The number of hydrogen-bond acceptors (Lipinski definition) is 2. The first kappa shape index (κ1) is 16.7. The van der Waals surface area contributed by atoms with E-state index >= 15 is 0 Å². The predicted octanol–water partition coefficient (Wildman–Crippen LogP) is 2.37. The fourth-order valence-electron chi connectivity index (χ4n) is 1.58. The smallest absolute Gasteiger partial charge is 0.326 e. The van der Waals surface area contributed by atoms with E-state index in [4.69, 9.17) is 5.11 Å². The molecule has 0 aromatic carbocycles. The van der Waals surface area contributed by atoms with Crippen molar-refractivity contribution in [1.82, 2.24) is 10.6 Å². The van der Waals surface area contributed by atoms with E-state index in [0.717, 1.165) is 25.7 Å². The maximum Gasteiger partial charge on any atom is 0.326 e. The van der Waals surface area contributed by atoms with E-state index in [1.54, 1.807) is 20.8 Å². The van der Waals surface area contributed by atoms with Crippen LogP contribution in [0.5, 0.6) is 0 Å². The molecule has 0 aromatic rings. The Morgan fingerprint density at radius 1 is 1.17 bits per heavy atom. The zero-order chi connectivity index (χ0) is 14.2. The molecular formula is C13H26N2O3. The molecule has 5 nitrogen and oxygen atoms in total. The van der Waals surface area contributed by atoms with Gasteiger partial charge in [0.25, 0.3) is 0 Å². The normalized spacial score (nSPS) is 12.9. The summed E-state index contributed by atoms with van der Waals surface area (Å²) in [7, 11) is 0. The molecule has 0 aliphatic carbocycles. The molecule has 0 fully saturated rings. The number of rotatable bonds is 7. The van der Waals surface area contributed by atoms with Gasteiger partial charge < -0.3 is 15.7 Å². The lowest BCUT2D eigenvalue weighted by Gasteiger charge is -2.27. The highest BCUT2D eigenvalue weighted by molar-refractivity contribution is 5.83. The summed E-state index contributed by atoms with van der Waals surface area (Å²) in [5.41, 5.74) is -0.509. The number of unbranched alkanes of at least 4 members (excludes halogenated alkanes) is 3. The standard InChI is InChI=1S/C13H26N2O3/c1-5-6-7-8-9-14-12(18)15-10(11(16)17)13(2,3)4/h10H,5-9H2,1-4H3,(H,16,17)(H2,14,15,18)/t10-/m0/s1. The van der Waals surface area contributed by atoms with Crippen LogP contribution in [-0.4, -0.2) is 29.7 Å². The van der Waals surface area contributed by atoms with Gasteiger partial charge in [-0.15, -0.1) is 0 Å². The van der Waals surface area contributed by atoms with Crippen LogP contribution in [0.2, 0.25) is 0 Å². The highest BCUT2D eigenvalue weighted by Gasteiger charge is 2.32. The average molecular weight is 258 g/mol. The quantitative estimate of drug-likeness (QED) is 0.613. The predicted molar refractivity (Wildman–Crippen MR) is 71.6 cm³/mol. The molecule has 0 aliphatic heterocycles. The van der Waals surface area contributed by atoms with Gasteiger partial charge >= 0.3 is 12.0 Å². The molecule has 0 unspecified atom stereocenters. The lowest BCUT2D eigenvalue weighted by atomic mass is 9.87. The number of carbonyl (C=O) groups is 2. The number of carbonyl (C=O) groups excluding carboxylic acids is 1. The second-order valence-corrected chi connectivity index (χ2v) is 5.60. The van der Waals surface area contributed by atoms with Gasteiger partial charge in [0.15, 0.2) is 0 Å². The van der Waals surface area contributed by atoms with Crippen molar-refractivity contribution >= 4 is 12.0 Å². The highest BCUT2D eigenvalue weighted by atomic mass is 16.4. The molecule has 0 saturated carbocycles. The summed E-state index contributed by atoms with van der Waals surface area (Å²) in [4.78, 5) is 22.6. The Labute approximate surface area is 109 Å². The summed E-state index contributed by atoms with van der Waals surface area (Å²) in [6, 6.07) is -1.29. The van der Waals surface area contributed by atoms with Crippen LogP contribution in [-0.2, 0) is 4.79 Å². The number of hydrogen-bond donors (Lipinski definition) is 3. The second kappa shape index (κ2) is 7.95. The Morgan fingerprint density at radius 2 is 1.78 bits per heavy atom. The molecule has 5 heteroatoms. The Balaban J connectivity index is 4.01. The van der Waals surface area contributed by atoms with Crippen molar-refractivity contribution in [3.05, 3.63) is 0 Å². The zero-order valence-corrected chi connectivity index (χ0v) is 11.9. The summed E-state index contributed by atoms with van der Waals surface area (Å²) < 4.78 is 0. The zero-order valence-electron chi connectivity index (χ0n) is 11.9. The van der Waals surface area contributed by atoms with Crippen LogP contribution in [0.3, 0.4) is 0 Å². The van der Waals surface area contributed by atoms with Crippen molar-refractivity contribution < 1.29 is 14.7 Å². The molecule has 0 radical (unpaired) electrons. The van der Waals surface area contributed by atoms with Gasteiger partial charge in [0.1, 0.15) is 6.04 Å². The number of carboxylic acids is 1. The number of amides is 2. The SMILES string of the molecule is CCCCCCNC(=O)N[C@@H](C(=O)O)C(C)(C)C. The minimum absolute atomic E-state index is 0.408. The Kier molecular flexibility index (Phi) is 7.39. The fraction of sp³-hybridized carbons (Fsp3) is 0.846. The Morgan fingerprint density at radius 3 is 2.22 bits per heavy atom. The molecule has 1 atom stereocenters. The highest BCUT2D eigenvalue weighted by Crippen LogP contribution is 2.19. The molecule has 18 heavy (non-hydrogen) atoms. The minimum Gasteiger partial charge on any atom is -0.480 e. The number of carboxylic acid groups (broad SMARTS) is 1. The van der Waals surface area contributed by atoms with Crippen LogP contribution >= 0.6 is 0 Å². The van der Waals surface area contributed by atoms with E-state index in [2.05, 4.69) is 17.6 Å². The van der Waals surface area contributed by atoms with Crippen molar-refractivity contribution in [1.29, 1.82) is 0 Å². The lowest BCUT2D eigenvalue weighted by Crippen LogP contribution is -2.52. The van der Waals surface area contributed by atoms with Gasteiger partial charge in [-0.05, 0) is 11.8 Å². The molecule has 0 aliphatic rings. The molecular weight excluding hydrogens is 232 g/mol. The average Bonchev–Trinajstić information content (AvgIpc) is 2.23. The number of aliphatic carboxylic acids is 1. The lowest BCUT2D eigenvalue weighted by molar-refractivity contribution is -0.141. The largest absolute Gasteiger partial charge is 0.480 e. The summed E-state index contributed by atoms with van der Waals surface area (Å²) in [6.45, 7) is 8.07. The molecule has 2 amide bonds. The monoisotopic (exact) mass is 258 g/mol. The maximum absolute atomic E-state index is 11.6. The van der Waals surface area contributed by atoms with Crippen LogP contribution in [0, 0.1) is 5.41 Å². The van der Waals surface area contributed by atoms with Crippen molar-refractivity contribution in [3.63, 3.8) is 0 Å². The topological polar surface area (TPSA) is 78.4 Å². The molecule has 0 heterocycles. The summed E-state index contributed by atoms with van der Waals surface area (Å²) in [6.07, 6.45) is 4.31. The van der Waals surface area contributed by atoms with E-state index in [9.17, 15) is 9.59 Å². The van der Waals surface area contributed by atoms with Crippen molar-refractivity contribution in [2.45, 2.75) is 59.4 Å². The van der Waals surface area contributed by atoms with Crippen LogP contribution in [0.4, 0.5) is 4.79 Å². The minimum atomic E-state index is -1.01. The van der Waals surface area contributed by atoms with E-state index in [0.29, 0.717) is 6.54 Å². The molecule has 0 rings (SSSR count). The molecule has 0 saturated heterocycles. The number of nitrogens with one attached hydrogen (secondary N) is 2. The molecule has 0 spiro atoms. The van der Waals surface area contributed by atoms with Crippen LogP contribution in [0.1, 0.15) is 53.4 Å². The van der Waals surface area contributed by atoms with Crippen LogP contribution < -0.4 is 10.6 Å². The molecule has 0 aromatic heterocycles. The van der Waals surface area contributed by atoms with Gasteiger partial charge in [0.2, 0.25) is 0 Å². The first-order chi connectivity index (χ1) is 8.29. The first-order valence-corrected chi connectivity index (χ1v) is 6.56. The van der Waals surface area contributed by atoms with Gasteiger partial charge in [-0.2, -0.15) is 0 Å². The first-order valence-electron chi connectivity index (χ1n) is 6.56. The van der Waals surface area contributed by atoms with Gasteiger partial charge in [-0.25, -0.2) is 9.59 Å².